The minimum Gasteiger partial charge on any atom is -0.493 e. The highest BCUT2D eigenvalue weighted by Crippen LogP contribution is 2.28. The minimum absolute atomic E-state index is 0.516. The van der Waals surface area contributed by atoms with Crippen LogP contribution < -0.4 is 20.1 Å². The van der Waals surface area contributed by atoms with Gasteiger partial charge in [-0.05, 0) is 71.0 Å². The van der Waals surface area contributed by atoms with Gasteiger partial charge in [0.25, 0.3) is 0 Å². The molecule has 0 aromatic heterocycles. The predicted octanol–water partition coefficient (Wildman–Crippen LogP) is 5.00. The molecule has 0 aliphatic rings. The van der Waals surface area contributed by atoms with E-state index in [1.54, 1.807) is 13.2 Å². The Labute approximate surface area is 160 Å². The number of hydrogen-bond acceptors (Lipinski definition) is 3. The minimum atomic E-state index is 0.516. The van der Waals surface area contributed by atoms with E-state index in [-0.39, 0.29) is 0 Å². The van der Waals surface area contributed by atoms with E-state index in [1.165, 1.54) is 0 Å². The number of hydrogen-bond donors (Lipinski definition) is 2. The molecule has 0 spiro atoms. The van der Waals surface area contributed by atoms with E-state index >= 15 is 0 Å². The van der Waals surface area contributed by atoms with E-state index < -0.39 is 0 Å². The number of ether oxygens (including phenoxy) is 2. The molecule has 0 saturated heterocycles. The summed E-state index contributed by atoms with van der Waals surface area (Å²) in [6.07, 6.45) is 0. The van der Waals surface area contributed by atoms with Gasteiger partial charge in [-0.1, -0.05) is 17.7 Å². The highest BCUT2D eigenvalue weighted by molar-refractivity contribution is 9.10. The molecule has 7 heteroatoms. The first-order chi connectivity index (χ1) is 11.5. The fourth-order valence-corrected chi connectivity index (χ4v) is 2.65. The average Bonchev–Trinajstić information content (AvgIpc) is 2.57. The van der Waals surface area contributed by atoms with Crippen molar-refractivity contribution in [3.63, 3.8) is 0 Å². The Balaban J connectivity index is 1.95. The first-order valence-electron chi connectivity index (χ1n) is 7.33. The van der Waals surface area contributed by atoms with Gasteiger partial charge in [-0.25, -0.2) is 0 Å². The summed E-state index contributed by atoms with van der Waals surface area (Å²) in [4.78, 5) is 0. The van der Waals surface area contributed by atoms with Crippen molar-refractivity contribution in [1.82, 2.24) is 5.32 Å². The number of thiocarbonyl (C=S) groups is 1. The van der Waals surface area contributed by atoms with Crippen LogP contribution in [0.3, 0.4) is 0 Å². The molecule has 0 fully saturated rings. The van der Waals surface area contributed by atoms with Gasteiger partial charge in [-0.15, -0.1) is 0 Å². The molecule has 0 aliphatic carbocycles. The molecule has 2 N–H and O–H groups in total. The van der Waals surface area contributed by atoms with Crippen LogP contribution in [0.15, 0.2) is 40.9 Å². The normalized spacial score (nSPS) is 10.2. The Bertz CT molecular complexity index is 728. The Hall–Kier alpha value is -1.50. The number of halogens is 2. The second-order valence-electron chi connectivity index (χ2n) is 4.85. The van der Waals surface area contributed by atoms with Gasteiger partial charge in [-0.2, -0.15) is 0 Å². The number of nitrogens with one attached hydrogen (secondary N) is 2. The van der Waals surface area contributed by atoms with E-state index in [2.05, 4.69) is 26.6 Å². The van der Waals surface area contributed by atoms with Crippen LogP contribution in [0, 0.1) is 0 Å². The number of anilines is 1. The number of rotatable bonds is 6. The summed E-state index contributed by atoms with van der Waals surface area (Å²) in [5.41, 5.74) is 1.86. The van der Waals surface area contributed by atoms with Crippen molar-refractivity contribution in [3.05, 3.63) is 51.5 Å². The third kappa shape index (κ3) is 5.26. The summed E-state index contributed by atoms with van der Waals surface area (Å²) in [5.74, 6) is 1.43. The van der Waals surface area contributed by atoms with Crippen LogP contribution in [-0.2, 0) is 6.54 Å². The summed E-state index contributed by atoms with van der Waals surface area (Å²) in [5, 5.41) is 7.40. The zero-order valence-electron chi connectivity index (χ0n) is 13.4. The molecular weight excluding hydrogens is 412 g/mol. The Morgan fingerprint density at radius 2 is 2.00 bits per heavy atom. The molecule has 0 heterocycles. The lowest BCUT2D eigenvalue weighted by atomic mass is 10.2. The molecule has 0 aliphatic heterocycles. The molecule has 2 rings (SSSR count). The lowest BCUT2D eigenvalue weighted by molar-refractivity contribution is 0.310. The van der Waals surface area contributed by atoms with E-state index in [0.29, 0.717) is 29.0 Å². The van der Waals surface area contributed by atoms with Gasteiger partial charge < -0.3 is 20.1 Å². The SMILES string of the molecule is CCOc1cc(CNC(=S)Nc2ccc(Br)c(Cl)c2)ccc1OC. The molecule has 128 valence electrons. The maximum atomic E-state index is 6.07. The summed E-state index contributed by atoms with van der Waals surface area (Å²) in [7, 11) is 1.62. The molecule has 0 atom stereocenters. The third-order valence-corrected chi connectivity index (χ3v) is 4.64. The van der Waals surface area contributed by atoms with Gasteiger partial charge in [0, 0.05) is 16.7 Å². The van der Waals surface area contributed by atoms with Crippen LogP contribution in [0.1, 0.15) is 12.5 Å². The van der Waals surface area contributed by atoms with Crippen molar-refractivity contribution < 1.29 is 9.47 Å². The van der Waals surface area contributed by atoms with Crippen LogP contribution in [0.2, 0.25) is 5.02 Å². The van der Waals surface area contributed by atoms with Crippen LogP contribution in [0.25, 0.3) is 0 Å². The largest absolute Gasteiger partial charge is 0.493 e. The van der Waals surface area contributed by atoms with Crippen molar-refractivity contribution in [2.24, 2.45) is 0 Å². The summed E-state index contributed by atoms with van der Waals surface area (Å²) in [6, 6.07) is 11.4. The van der Waals surface area contributed by atoms with Crippen molar-refractivity contribution in [2.45, 2.75) is 13.5 Å². The van der Waals surface area contributed by atoms with E-state index in [1.807, 2.05) is 37.3 Å². The topological polar surface area (TPSA) is 42.5 Å². The maximum absolute atomic E-state index is 6.07. The zero-order chi connectivity index (χ0) is 17.5. The van der Waals surface area contributed by atoms with Gasteiger partial charge in [0.1, 0.15) is 0 Å². The molecule has 24 heavy (non-hydrogen) atoms. The molecule has 0 amide bonds. The monoisotopic (exact) mass is 428 g/mol. The Morgan fingerprint density at radius 3 is 2.67 bits per heavy atom. The average molecular weight is 430 g/mol. The highest BCUT2D eigenvalue weighted by Gasteiger charge is 2.06. The van der Waals surface area contributed by atoms with Gasteiger partial charge in [0.15, 0.2) is 16.6 Å². The summed E-state index contributed by atoms with van der Waals surface area (Å²) >= 11 is 14.7. The van der Waals surface area contributed by atoms with Gasteiger partial charge in [0.05, 0.1) is 18.7 Å². The van der Waals surface area contributed by atoms with Crippen molar-refractivity contribution in [2.75, 3.05) is 19.0 Å². The second kappa shape index (κ2) is 9.11. The fourth-order valence-electron chi connectivity index (χ4n) is 2.03. The smallest absolute Gasteiger partial charge is 0.171 e. The maximum Gasteiger partial charge on any atom is 0.171 e. The molecule has 4 nitrogen and oxygen atoms in total. The van der Waals surface area contributed by atoms with Gasteiger partial charge in [0.2, 0.25) is 0 Å². The van der Waals surface area contributed by atoms with Crippen LogP contribution in [-0.4, -0.2) is 18.8 Å². The van der Waals surface area contributed by atoms with Gasteiger partial charge in [-0.3, -0.25) is 0 Å². The van der Waals surface area contributed by atoms with Crippen LogP contribution in [0.5, 0.6) is 11.5 Å². The molecule has 2 aromatic rings. The molecule has 0 unspecified atom stereocenters. The first-order valence-corrected chi connectivity index (χ1v) is 8.91. The Kier molecular flexibility index (Phi) is 7.15. The lowest BCUT2D eigenvalue weighted by Gasteiger charge is -2.13. The lowest BCUT2D eigenvalue weighted by Crippen LogP contribution is -2.27. The van der Waals surface area contributed by atoms with Crippen molar-refractivity contribution >= 4 is 50.5 Å². The van der Waals surface area contributed by atoms with Crippen molar-refractivity contribution in [3.8, 4) is 11.5 Å². The van der Waals surface area contributed by atoms with E-state index in [0.717, 1.165) is 21.5 Å². The van der Waals surface area contributed by atoms with E-state index in [9.17, 15) is 0 Å². The first kappa shape index (κ1) is 18.8. The number of methoxy groups -OCH3 is 1. The standard InChI is InChI=1S/C17H18BrClN2O2S/c1-3-23-16-8-11(4-7-15(16)22-2)10-20-17(24)21-12-5-6-13(18)14(19)9-12/h4-9H,3,10H2,1-2H3,(H2,20,21,24). The summed E-state index contributed by atoms with van der Waals surface area (Å²) < 4.78 is 11.7. The quantitative estimate of drug-likeness (QED) is 0.633. The second-order valence-corrected chi connectivity index (χ2v) is 6.52. The molecule has 0 saturated carbocycles. The molecule has 2 aromatic carbocycles. The molecular formula is C17H18BrClN2O2S. The highest BCUT2D eigenvalue weighted by atomic mass is 79.9. The number of benzene rings is 2. The third-order valence-electron chi connectivity index (χ3n) is 3.16. The van der Waals surface area contributed by atoms with Crippen molar-refractivity contribution in [1.29, 1.82) is 0 Å². The van der Waals surface area contributed by atoms with E-state index in [4.69, 9.17) is 33.3 Å². The Morgan fingerprint density at radius 1 is 1.21 bits per heavy atom. The predicted molar refractivity (Wildman–Crippen MR) is 106 cm³/mol. The summed E-state index contributed by atoms with van der Waals surface area (Å²) in [6.45, 7) is 3.09. The van der Waals surface area contributed by atoms with Crippen LogP contribution >= 0.6 is 39.7 Å². The zero-order valence-corrected chi connectivity index (χ0v) is 16.5. The fraction of sp³-hybridized carbons (Fsp3) is 0.235. The molecule has 0 radical (unpaired) electrons. The molecule has 0 bridgehead atoms. The van der Waals surface area contributed by atoms with Gasteiger partial charge >= 0.3 is 0 Å². The van der Waals surface area contributed by atoms with Crippen LogP contribution in [0.4, 0.5) is 5.69 Å².